The number of rotatable bonds is 13. The molecule has 3 amide bonds. The van der Waals surface area contributed by atoms with Crippen molar-refractivity contribution >= 4 is 17.9 Å². The van der Waals surface area contributed by atoms with Crippen LogP contribution < -0.4 is 16.0 Å². The highest BCUT2D eigenvalue weighted by molar-refractivity contribution is 5.91. The number of amides is 3. The molecule has 0 saturated heterocycles. The lowest BCUT2D eigenvalue weighted by atomic mass is 9.91. The summed E-state index contributed by atoms with van der Waals surface area (Å²) < 4.78 is 5.31. The van der Waals surface area contributed by atoms with Crippen LogP contribution in [-0.4, -0.2) is 36.5 Å². The maximum atomic E-state index is 13.2. The number of nitrogens with one attached hydrogen (secondary N) is 3. The summed E-state index contributed by atoms with van der Waals surface area (Å²) in [6, 6.07) is 27.8. The molecule has 2 atom stereocenters. The molecule has 0 aliphatic heterocycles. The van der Waals surface area contributed by atoms with Crippen LogP contribution in [-0.2, 0) is 20.9 Å². The molecule has 0 aliphatic carbocycles. The number of carbonyl (C=O) groups excluding carboxylic acids is 3. The fourth-order valence-electron chi connectivity index (χ4n) is 4.36. The maximum Gasteiger partial charge on any atom is 0.408 e. The first-order chi connectivity index (χ1) is 18.9. The van der Waals surface area contributed by atoms with Crippen molar-refractivity contribution in [3.8, 4) is 0 Å². The lowest BCUT2D eigenvalue weighted by molar-refractivity contribution is -0.130. The van der Waals surface area contributed by atoms with E-state index in [1.165, 1.54) is 0 Å². The molecular formula is C32H39N3O4. The first-order valence-electron chi connectivity index (χ1n) is 13.5. The van der Waals surface area contributed by atoms with Gasteiger partial charge in [0.05, 0.1) is 0 Å². The van der Waals surface area contributed by atoms with Crippen molar-refractivity contribution in [2.45, 2.75) is 58.2 Å². The van der Waals surface area contributed by atoms with Gasteiger partial charge in [0.1, 0.15) is 18.7 Å². The van der Waals surface area contributed by atoms with Crippen LogP contribution in [0.2, 0.25) is 0 Å². The molecule has 206 valence electrons. The predicted octanol–water partition coefficient (Wildman–Crippen LogP) is 5.17. The zero-order valence-corrected chi connectivity index (χ0v) is 22.9. The minimum atomic E-state index is -0.823. The van der Waals surface area contributed by atoms with Crippen LogP contribution in [0.3, 0.4) is 0 Å². The van der Waals surface area contributed by atoms with Gasteiger partial charge < -0.3 is 20.7 Å². The van der Waals surface area contributed by atoms with Gasteiger partial charge in [-0.15, -0.1) is 0 Å². The van der Waals surface area contributed by atoms with Gasteiger partial charge in [-0.25, -0.2) is 4.79 Å². The highest BCUT2D eigenvalue weighted by Gasteiger charge is 2.27. The maximum absolute atomic E-state index is 13.2. The summed E-state index contributed by atoms with van der Waals surface area (Å²) in [5.41, 5.74) is 3.04. The molecule has 3 aromatic rings. The number of hydrogen-bond acceptors (Lipinski definition) is 4. The van der Waals surface area contributed by atoms with E-state index in [-0.39, 0.29) is 24.3 Å². The highest BCUT2D eigenvalue weighted by Crippen LogP contribution is 2.23. The highest BCUT2D eigenvalue weighted by atomic mass is 16.5. The summed E-state index contributed by atoms with van der Waals surface area (Å²) in [6.45, 7) is 6.27. The fraction of sp³-hybridized carbons (Fsp3) is 0.344. The van der Waals surface area contributed by atoms with Crippen molar-refractivity contribution in [2.24, 2.45) is 5.92 Å². The molecule has 7 heteroatoms. The van der Waals surface area contributed by atoms with Gasteiger partial charge in [-0.1, -0.05) is 112 Å². The molecule has 3 N–H and O–H groups in total. The van der Waals surface area contributed by atoms with Gasteiger partial charge >= 0.3 is 6.09 Å². The smallest absolute Gasteiger partial charge is 0.408 e. The van der Waals surface area contributed by atoms with E-state index in [1.54, 1.807) is 0 Å². The van der Waals surface area contributed by atoms with Crippen LogP contribution in [0.15, 0.2) is 91.0 Å². The van der Waals surface area contributed by atoms with Crippen LogP contribution in [0.1, 0.15) is 56.2 Å². The van der Waals surface area contributed by atoms with Crippen molar-refractivity contribution in [3.63, 3.8) is 0 Å². The molecule has 0 radical (unpaired) electrons. The van der Waals surface area contributed by atoms with Gasteiger partial charge in [0.2, 0.25) is 11.8 Å². The Hall–Kier alpha value is -4.13. The largest absolute Gasteiger partial charge is 0.445 e. The van der Waals surface area contributed by atoms with Gasteiger partial charge in [0, 0.05) is 12.5 Å². The molecule has 0 spiro atoms. The molecule has 0 bridgehead atoms. The van der Waals surface area contributed by atoms with Crippen molar-refractivity contribution in [3.05, 3.63) is 108 Å². The number of benzene rings is 3. The minimum Gasteiger partial charge on any atom is -0.445 e. The Balaban J connectivity index is 1.61. The summed E-state index contributed by atoms with van der Waals surface area (Å²) in [5.74, 6) is -0.566. The lowest BCUT2D eigenvalue weighted by Crippen LogP contribution is -2.54. The monoisotopic (exact) mass is 529 g/mol. The number of hydrogen-bond donors (Lipinski definition) is 3. The second kappa shape index (κ2) is 15.3. The van der Waals surface area contributed by atoms with Crippen LogP contribution in [0.25, 0.3) is 0 Å². The fourth-order valence-corrected chi connectivity index (χ4v) is 4.36. The van der Waals surface area contributed by atoms with E-state index in [1.807, 2.05) is 112 Å². The quantitative estimate of drug-likeness (QED) is 0.285. The zero-order chi connectivity index (χ0) is 28.0. The Kier molecular flexibility index (Phi) is 11.6. The van der Waals surface area contributed by atoms with Crippen LogP contribution in [0, 0.1) is 5.92 Å². The molecule has 0 heterocycles. The number of ether oxygens (including phenoxy) is 1. The topological polar surface area (TPSA) is 96.5 Å². The van der Waals surface area contributed by atoms with Crippen LogP contribution in [0.4, 0.5) is 4.79 Å². The Morgan fingerprint density at radius 2 is 1.26 bits per heavy atom. The lowest BCUT2D eigenvalue weighted by Gasteiger charge is -2.24. The Labute approximate surface area is 231 Å². The summed E-state index contributed by atoms with van der Waals surface area (Å²) in [4.78, 5) is 38.8. The second-order valence-electron chi connectivity index (χ2n) is 9.98. The van der Waals surface area contributed by atoms with Crippen LogP contribution >= 0.6 is 0 Å². The third-order valence-corrected chi connectivity index (χ3v) is 6.45. The molecule has 0 aliphatic rings. The molecule has 3 rings (SSSR count). The average molecular weight is 530 g/mol. The van der Waals surface area contributed by atoms with E-state index in [0.717, 1.165) is 16.7 Å². The van der Waals surface area contributed by atoms with Crippen molar-refractivity contribution in [1.29, 1.82) is 0 Å². The van der Waals surface area contributed by atoms with E-state index in [0.29, 0.717) is 19.4 Å². The summed E-state index contributed by atoms with van der Waals surface area (Å²) in [5, 5.41) is 8.54. The Morgan fingerprint density at radius 3 is 1.77 bits per heavy atom. The number of carbonyl (C=O) groups is 3. The van der Waals surface area contributed by atoms with E-state index >= 15 is 0 Å². The summed E-state index contributed by atoms with van der Waals surface area (Å²) in [7, 11) is 0. The van der Waals surface area contributed by atoms with Crippen molar-refractivity contribution in [2.75, 3.05) is 6.54 Å². The van der Waals surface area contributed by atoms with E-state index < -0.39 is 24.1 Å². The molecule has 0 unspecified atom stereocenters. The third kappa shape index (κ3) is 9.60. The molecule has 3 aromatic carbocycles. The zero-order valence-electron chi connectivity index (χ0n) is 22.9. The minimum absolute atomic E-state index is 0.0284. The SMILES string of the molecule is CC[C@H](NC(=O)[C@H](CC(C)C)NC(=O)OCc1ccccc1)C(=O)NCC(c1ccccc1)c1ccccc1. The molecule has 0 saturated carbocycles. The molecule has 0 aromatic heterocycles. The van der Waals surface area contributed by atoms with Crippen LogP contribution in [0.5, 0.6) is 0 Å². The van der Waals surface area contributed by atoms with E-state index in [4.69, 9.17) is 4.74 Å². The van der Waals surface area contributed by atoms with Crippen molar-refractivity contribution in [1.82, 2.24) is 16.0 Å². The predicted molar refractivity (Wildman–Crippen MR) is 153 cm³/mol. The summed E-state index contributed by atoms with van der Waals surface area (Å²) in [6.07, 6.45) is 0.144. The molecule has 7 nitrogen and oxygen atoms in total. The standard InChI is InChI=1S/C32H39N3O4/c1-4-28(30(36)33-21-27(25-16-10-6-11-17-25)26-18-12-7-13-19-26)34-31(37)29(20-23(2)3)35-32(38)39-22-24-14-8-5-9-15-24/h5-19,23,27-29H,4,20-22H2,1-3H3,(H,33,36)(H,34,37)(H,35,38)/t28-,29-/m0/s1. The van der Waals surface area contributed by atoms with E-state index in [9.17, 15) is 14.4 Å². The molecule has 0 fully saturated rings. The first-order valence-corrected chi connectivity index (χ1v) is 13.5. The third-order valence-electron chi connectivity index (χ3n) is 6.45. The van der Waals surface area contributed by atoms with Gasteiger partial charge in [-0.3, -0.25) is 9.59 Å². The van der Waals surface area contributed by atoms with Crippen molar-refractivity contribution < 1.29 is 19.1 Å². The molecular weight excluding hydrogens is 490 g/mol. The molecule has 39 heavy (non-hydrogen) atoms. The van der Waals surface area contributed by atoms with Gasteiger partial charge in [0.15, 0.2) is 0 Å². The van der Waals surface area contributed by atoms with Gasteiger partial charge in [-0.05, 0) is 35.4 Å². The average Bonchev–Trinajstić information content (AvgIpc) is 2.95. The second-order valence-corrected chi connectivity index (χ2v) is 9.98. The Bertz CT molecular complexity index is 1130. The Morgan fingerprint density at radius 1 is 0.718 bits per heavy atom. The van der Waals surface area contributed by atoms with Gasteiger partial charge in [0.25, 0.3) is 0 Å². The summed E-state index contributed by atoms with van der Waals surface area (Å²) >= 11 is 0. The van der Waals surface area contributed by atoms with E-state index in [2.05, 4.69) is 16.0 Å². The van der Waals surface area contributed by atoms with Gasteiger partial charge in [-0.2, -0.15) is 0 Å². The number of alkyl carbamates (subject to hydrolysis) is 1. The normalized spacial score (nSPS) is 12.4. The first kappa shape index (κ1) is 29.4.